The van der Waals surface area contributed by atoms with Crippen LogP contribution in [0.3, 0.4) is 0 Å². The van der Waals surface area contributed by atoms with E-state index in [4.69, 9.17) is 4.74 Å². The first-order valence-electron chi connectivity index (χ1n) is 5.89. The van der Waals surface area contributed by atoms with Crippen molar-refractivity contribution in [2.45, 2.75) is 19.4 Å². The van der Waals surface area contributed by atoms with Crippen LogP contribution in [0.2, 0.25) is 0 Å². The lowest BCUT2D eigenvalue weighted by atomic mass is 10.2. The first-order chi connectivity index (χ1) is 8.67. The van der Waals surface area contributed by atoms with Gasteiger partial charge in [-0.2, -0.15) is 0 Å². The molecule has 2 rings (SSSR count). The zero-order valence-electron chi connectivity index (χ0n) is 10.8. The Morgan fingerprint density at radius 3 is 3.00 bits per heavy atom. The average Bonchev–Trinajstić information content (AvgIpc) is 2.77. The number of aromatic nitrogens is 2. The van der Waals surface area contributed by atoms with Gasteiger partial charge in [0.15, 0.2) is 5.69 Å². The number of nitrogens with one attached hydrogen (secondary N) is 1. The van der Waals surface area contributed by atoms with Crippen LogP contribution in [0.1, 0.15) is 23.2 Å². The van der Waals surface area contributed by atoms with Crippen LogP contribution in [0.4, 0.5) is 0 Å². The molecule has 0 spiro atoms. The van der Waals surface area contributed by atoms with Gasteiger partial charge in [0.05, 0.1) is 12.6 Å². The lowest BCUT2D eigenvalue weighted by Gasteiger charge is -2.08. The molecule has 0 saturated heterocycles. The van der Waals surface area contributed by atoms with Crippen LogP contribution >= 0.6 is 0 Å². The second-order valence-corrected chi connectivity index (χ2v) is 4.22. The first kappa shape index (κ1) is 12.6. The van der Waals surface area contributed by atoms with Gasteiger partial charge in [0.25, 0.3) is 0 Å². The van der Waals surface area contributed by atoms with Crippen LogP contribution in [0.15, 0.2) is 24.4 Å². The van der Waals surface area contributed by atoms with E-state index in [9.17, 15) is 4.79 Å². The highest BCUT2D eigenvalue weighted by Gasteiger charge is 2.18. The molecule has 0 aromatic carbocycles. The number of carbonyl (C=O) groups is 1. The van der Waals surface area contributed by atoms with Gasteiger partial charge in [-0.25, -0.2) is 9.78 Å². The molecule has 0 bridgehead atoms. The minimum atomic E-state index is -0.401. The Kier molecular flexibility index (Phi) is 3.62. The molecule has 96 valence electrons. The SMILES string of the molecule is CNC(C)Cc1nc(C(=O)OC)c2ccccn12. The Morgan fingerprint density at radius 1 is 1.56 bits per heavy atom. The minimum absolute atomic E-state index is 0.293. The summed E-state index contributed by atoms with van der Waals surface area (Å²) in [5, 5.41) is 3.16. The van der Waals surface area contributed by atoms with E-state index in [0.29, 0.717) is 11.7 Å². The highest BCUT2D eigenvalue weighted by atomic mass is 16.5. The maximum atomic E-state index is 11.7. The van der Waals surface area contributed by atoms with Crippen molar-refractivity contribution in [2.24, 2.45) is 0 Å². The van der Waals surface area contributed by atoms with Gasteiger partial charge in [-0.05, 0) is 26.1 Å². The van der Waals surface area contributed by atoms with E-state index in [0.717, 1.165) is 17.8 Å². The van der Waals surface area contributed by atoms with Crippen molar-refractivity contribution < 1.29 is 9.53 Å². The quantitative estimate of drug-likeness (QED) is 0.827. The number of ether oxygens (including phenoxy) is 1. The van der Waals surface area contributed by atoms with E-state index in [-0.39, 0.29) is 0 Å². The van der Waals surface area contributed by atoms with Crippen molar-refractivity contribution in [1.29, 1.82) is 0 Å². The molecule has 1 atom stereocenters. The third kappa shape index (κ3) is 2.22. The fourth-order valence-electron chi connectivity index (χ4n) is 1.87. The lowest BCUT2D eigenvalue weighted by Crippen LogP contribution is -2.24. The van der Waals surface area contributed by atoms with Crippen molar-refractivity contribution in [3.8, 4) is 0 Å². The van der Waals surface area contributed by atoms with Gasteiger partial charge in [-0.3, -0.25) is 0 Å². The van der Waals surface area contributed by atoms with Crippen LogP contribution in [0, 0.1) is 0 Å². The lowest BCUT2D eigenvalue weighted by molar-refractivity contribution is 0.0597. The van der Waals surface area contributed by atoms with E-state index in [2.05, 4.69) is 17.2 Å². The first-order valence-corrected chi connectivity index (χ1v) is 5.89. The molecule has 0 aliphatic heterocycles. The summed E-state index contributed by atoms with van der Waals surface area (Å²) in [6.45, 7) is 2.07. The van der Waals surface area contributed by atoms with Crippen LogP contribution in [0.5, 0.6) is 0 Å². The highest BCUT2D eigenvalue weighted by Crippen LogP contribution is 2.15. The number of fused-ring (bicyclic) bond motifs is 1. The Labute approximate surface area is 106 Å². The summed E-state index contributed by atoms with van der Waals surface area (Å²) < 4.78 is 6.69. The van der Waals surface area contributed by atoms with Gasteiger partial charge in [0, 0.05) is 18.7 Å². The molecule has 2 aromatic heterocycles. The molecule has 1 N–H and O–H groups in total. The number of likely N-dealkylation sites (N-methyl/N-ethyl adjacent to an activating group) is 1. The molecule has 1 unspecified atom stereocenters. The van der Waals surface area contributed by atoms with Gasteiger partial charge in [-0.15, -0.1) is 0 Å². The van der Waals surface area contributed by atoms with Crippen molar-refractivity contribution >= 4 is 11.5 Å². The Balaban J connectivity index is 2.50. The van der Waals surface area contributed by atoms with Gasteiger partial charge in [0.1, 0.15) is 5.82 Å². The normalized spacial score (nSPS) is 12.6. The molecule has 0 aliphatic carbocycles. The molecule has 0 aliphatic rings. The average molecular weight is 247 g/mol. The summed E-state index contributed by atoms with van der Waals surface area (Å²) in [5.41, 5.74) is 1.15. The number of pyridine rings is 1. The molecule has 2 aromatic rings. The fraction of sp³-hybridized carbons (Fsp3) is 0.385. The number of methoxy groups -OCH3 is 1. The Hall–Kier alpha value is -1.88. The summed E-state index contributed by atoms with van der Waals surface area (Å²) in [4.78, 5) is 16.1. The van der Waals surface area contributed by atoms with Gasteiger partial charge >= 0.3 is 5.97 Å². The van der Waals surface area contributed by atoms with Gasteiger partial charge in [0.2, 0.25) is 0 Å². The number of hydrogen-bond acceptors (Lipinski definition) is 4. The molecule has 0 saturated carbocycles. The Bertz CT molecular complexity index is 562. The van der Waals surface area contributed by atoms with Crippen molar-refractivity contribution in [1.82, 2.24) is 14.7 Å². The predicted octanol–water partition coefficient (Wildman–Crippen LogP) is 1.27. The van der Waals surface area contributed by atoms with Gasteiger partial charge in [-0.1, -0.05) is 6.07 Å². The molecule has 5 heteroatoms. The number of nitrogens with zero attached hydrogens (tertiary/aromatic N) is 2. The van der Waals surface area contributed by atoms with Gasteiger partial charge < -0.3 is 14.5 Å². The summed E-state index contributed by atoms with van der Waals surface area (Å²) >= 11 is 0. The van der Waals surface area contributed by atoms with Crippen LogP contribution in [-0.2, 0) is 11.2 Å². The second kappa shape index (κ2) is 5.18. The molecular weight excluding hydrogens is 230 g/mol. The standard InChI is InChI=1S/C13H17N3O2/c1-9(14-2)8-11-15-12(13(17)18-3)10-6-4-5-7-16(10)11/h4-7,9,14H,8H2,1-3H3. The maximum absolute atomic E-state index is 11.7. The fourth-order valence-corrected chi connectivity index (χ4v) is 1.87. The number of hydrogen-bond donors (Lipinski definition) is 1. The summed E-state index contributed by atoms with van der Waals surface area (Å²) in [5.74, 6) is 0.454. The number of carbonyl (C=O) groups excluding carboxylic acids is 1. The molecule has 2 heterocycles. The van der Waals surface area contributed by atoms with Crippen LogP contribution < -0.4 is 5.32 Å². The molecular formula is C13H17N3O2. The van der Waals surface area contributed by atoms with E-state index in [1.54, 1.807) is 0 Å². The third-order valence-electron chi connectivity index (χ3n) is 2.98. The molecule has 5 nitrogen and oxygen atoms in total. The van der Waals surface area contributed by atoms with E-state index in [1.165, 1.54) is 7.11 Å². The van der Waals surface area contributed by atoms with Crippen LogP contribution in [-0.4, -0.2) is 35.6 Å². The van der Waals surface area contributed by atoms with E-state index >= 15 is 0 Å². The smallest absolute Gasteiger partial charge is 0.358 e. The highest BCUT2D eigenvalue weighted by molar-refractivity contribution is 5.95. The minimum Gasteiger partial charge on any atom is -0.464 e. The van der Waals surface area contributed by atoms with E-state index in [1.807, 2.05) is 35.8 Å². The molecule has 18 heavy (non-hydrogen) atoms. The van der Waals surface area contributed by atoms with Crippen molar-refractivity contribution in [3.05, 3.63) is 35.9 Å². The zero-order chi connectivity index (χ0) is 13.1. The topological polar surface area (TPSA) is 55.6 Å². The summed E-state index contributed by atoms with van der Waals surface area (Å²) in [6, 6.07) is 5.96. The third-order valence-corrected chi connectivity index (χ3v) is 2.98. The largest absolute Gasteiger partial charge is 0.464 e. The van der Waals surface area contributed by atoms with Crippen LogP contribution in [0.25, 0.3) is 5.52 Å². The van der Waals surface area contributed by atoms with E-state index < -0.39 is 5.97 Å². The number of esters is 1. The number of imidazole rings is 1. The summed E-state index contributed by atoms with van der Waals surface area (Å²) in [6.07, 6.45) is 2.66. The molecule has 0 fully saturated rings. The monoisotopic (exact) mass is 247 g/mol. The maximum Gasteiger partial charge on any atom is 0.358 e. The predicted molar refractivity (Wildman–Crippen MR) is 68.8 cm³/mol. The molecule has 0 amide bonds. The van der Waals surface area contributed by atoms with Crippen molar-refractivity contribution in [3.63, 3.8) is 0 Å². The second-order valence-electron chi connectivity index (χ2n) is 4.22. The molecule has 0 radical (unpaired) electrons. The summed E-state index contributed by atoms with van der Waals surface area (Å²) in [7, 11) is 3.27. The number of rotatable bonds is 4. The zero-order valence-corrected chi connectivity index (χ0v) is 10.8. The van der Waals surface area contributed by atoms with Crippen molar-refractivity contribution in [2.75, 3.05) is 14.2 Å². The Morgan fingerprint density at radius 2 is 2.33 bits per heavy atom.